The van der Waals surface area contributed by atoms with Crippen molar-refractivity contribution in [2.45, 2.75) is 39.4 Å². The highest BCUT2D eigenvalue weighted by Gasteiger charge is 2.21. The van der Waals surface area contributed by atoms with Gasteiger partial charge in [-0.1, -0.05) is 30.3 Å². The van der Waals surface area contributed by atoms with Crippen molar-refractivity contribution >= 4 is 0 Å². The normalized spacial score (nSPS) is 18.9. The summed E-state index contributed by atoms with van der Waals surface area (Å²) in [6.07, 6.45) is 3.19. The highest BCUT2D eigenvalue weighted by atomic mass is 15.2. The minimum atomic E-state index is 0.619. The predicted octanol–water partition coefficient (Wildman–Crippen LogP) is 2.36. The zero-order chi connectivity index (χ0) is 15.4. The van der Waals surface area contributed by atoms with Crippen LogP contribution in [0.25, 0.3) is 0 Å². The van der Waals surface area contributed by atoms with E-state index < -0.39 is 0 Å². The molecule has 1 atom stereocenters. The number of aryl methyl sites for hydroxylation is 1. The Morgan fingerprint density at radius 3 is 2.77 bits per heavy atom. The van der Waals surface area contributed by atoms with Crippen LogP contribution in [0.4, 0.5) is 0 Å². The van der Waals surface area contributed by atoms with Gasteiger partial charge >= 0.3 is 0 Å². The lowest BCUT2D eigenvalue weighted by Crippen LogP contribution is -2.34. The summed E-state index contributed by atoms with van der Waals surface area (Å²) < 4.78 is 2.24. The largest absolute Gasteiger partial charge is 0.333 e. The van der Waals surface area contributed by atoms with Gasteiger partial charge in [0, 0.05) is 44.5 Å². The topological polar surface area (TPSA) is 33.1 Å². The number of nitrogens with zero attached hydrogens (tertiary/aromatic N) is 3. The zero-order valence-corrected chi connectivity index (χ0v) is 13.6. The molecule has 1 aliphatic rings. The van der Waals surface area contributed by atoms with Gasteiger partial charge in [0.15, 0.2) is 0 Å². The molecule has 0 amide bonds. The van der Waals surface area contributed by atoms with Crippen LogP contribution in [0.3, 0.4) is 0 Å². The van der Waals surface area contributed by atoms with Crippen molar-refractivity contribution in [1.29, 1.82) is 0 Å². The second-order valence-corrected chi connectivity index (χ2v) is 6.27. The number of rotatable bonds is 6. The smallest absolute Gasteiger partial charge is 0.0951 e. The molecule has 4 heteroatoms. The lowest BCUT2D eigenvalue weighted by atomic mass is 10.2. The molecule has 1 N–H and O–H groups in total. The molecule has 1 aromatic carbocycles. The summed E-state index contributed by atoms with van der Waals surface area (Å²) in [6.45, 7) is 9.63. The van der Waals surface area contributed by atoms with E-state index in [0.29, 0.717) is 6.04 Å². The van der Waals surface area contributed by atoms with Crippen LogP contribution in [0, 0.1) is 13.8 Å². The van der Waals surface area contributed by atoms with Crippen LogP contribution in [0.5, 0.6) is 0 Å². The van der Waals surface area contributed by atoms with Gasteiger partial charge in [-0.05, 0) is 25.8 Å². The number of hydrogen-bond acceptors (Lipinski definition) is 3. The average Bonchev–Trinajstić information content (AvgIpc) is 3.10. The van der Waals surface area contributed by atoms with Crippen molar-refractivity contribution in [3.63, 3.8) is 0 Å². The number of likely N-dealkylation sites (tertiary alicyclic amines) is 1. The summed E-state index contributed by atoms with van der Waals surface area (Å²) in [6, 6.07) is 11.4. The van der Waals surface area contributed by atoms with Crippen molar-refractivity contribution in [2.24, 2.45) is 0 Å². The lowest BCUT2D eigenvalue weighted by Gasteiger charge is -2.17. The molecule has 0 unspecified atom stereocenters. The first kappa shape index (κ1) is 15.3. The molecule has 1 fully saturated rings. The molecule has 0 bridgehead atoms. The minimum Gasteiger partial charge on any atom is -0.333 e. The van der Waals surface area contributed by atoms with E-state index in [1.54, 1.807) is 0 Å². The maximum Gasteiger partial charge on any atom is 0.0951 e. The van der Waals surface area contributed by atoms with Crippen molar-refractivity contribution in [2.75, 3.05) is 19.6 Å². The fraction of sp³-hybridized carbons (Fsp3) is 0.500. The lowest BCUT2D eigenvalue weighted by molar-refractivity contribution is 0.319. The first-order chi connectivity index (χ1) is 10.7. The van der Waals surface area contributed by atoms with E-state index in [9.17, 15) is 0 Å². The summed E-state index contributed by atoms with van der Waals surface area (Å²) >= 11 is 0. The van der Waals surface area contributed by atoms with Crippen LogP contribution in [-0.4, -0.2) is 40.1 Å². The molecule has 1 aliphatic heterocycles. The van der Waals surface area contributed by atoms with Crippen molar-refractivity contribution in [3.05, 3.63) is 53.6 Å². The summed E-state index contributed by atoms with van der Waals surface area (Å²) in [4.78, 5) is 6.89. The summed E-state index contributed by atoms with van der Waals surface area (Å²) in [7, 11) is 0. The van der Waals surface area contributed by atoms with E-state index in [2.05, 4.69) is 63.9 Å². The fourth-order valence-corrected chi connectivity index (χ4v) is 3.14. The van der Waals surface area contributed by atoms with E-state index in [1.165, 1.54) is 24.2 Å². The van der Waals surface area contributed by atoms with Gasteiger partial charge < -0.3 is 9.88 Å². The van der Waals surface area contributed by atoms with Gasteiger partial charge in [-0.25, -0.2) is 4.98 Å². The van der Waals surface area contributed by atoms with Gasteiger partial charge in [-0.15, -0.1) is 0 Å². The number of nitrogens with one attached hydrogen (secondary N) is 1. The predicted molar refractivity (Wildman–Crippen MR) is 89.8 cm³/mol. The Morgan fingerprint density at radius 1 is 1.23 bits per heavy atom. The van der Waals surface area contributed by atoms with E-state index in [4.69, 9.17) is 0 Å². The molecule has 1 saturated heterocycles. The standard InChI is InChI=1S/C18H26N4/c1-15-16(2)22(14-20-15)11-9-19-18-8-10-21(13-18)12-17-6-4-3-5-7-17/h3-7,14,18-19H,8-13H2,1-2H3/t18-/m1/s1. The molecule has 118 valence electrons. The summed E-state index contributed by atoms with van der Waals surface area (Å²) in [5.41, 5.74) is 3.82. The van der Waals surface area contributed by atoms with Crippen LogP contribution in [0.2, 0.25) is 0 Å². The van der Waals surface area contributed by atoms with Gasteiger partial charge in [0.1, 0.15) is 0 Å². The van der Waals surface area contributed by atoms with E-state index in [-0.39, 0.29) is 0 Å². The summed E-state index contributed by atoms with van der Waals surface area (Å²) in [5.74, 6) is 0. The molecule has 2 aromatic rings. The van der Waals surface area contributed by atoms with Crippen LogP contribution in [0.1, 0.15) is 23.4 Å². The third-order valence-electron chi connectivity index (χ3n) is 4.65. The highest BCUT2D eigenvalue weighted by molar-refractivity contribution is 5.14. The molecule has 1 aromatic heterocycles. The van der Waals surface area contributed by atoms with Gasteiger partial charge in [0.25, 0.3) is 0 Å². The Hall–Kier alpha value is -1.65. The molecule has 0 aliphatic carbocycles. The molecule has 3 rings (SSSR count). The van der Waals surface area contributed by atoms with Crippen LogP contribution >= 0.6 is 0 Å². The first-order valence-corrected chi connectivity index (χ1v) is 8.20. The third kappa shape index (κ3) is 3.76. The monoisotopic (exact) mass is 298 g/mol. The first-order valence-electron chi connectivity index (χ1n) is 8.20. The minimum absolute atomic E-state index is 0.619. The van der Waals surface area contributed by atoms with Crippen LogP contribution in [-0.2, 0) is 13.1 Å². The van der Waals surface area contributed by atoms with Crippen LogP contribution in [0.15, 0.2) is 36.7 Å². The van der Waals surface area contributed by atoms with Gasteiger partial charge in [0.05, 0.1) is 12.0 Å². The zero-order valence-electron chi connectivity index (χ0n) is 13.6. The van der Waals surface area contributed by atoms with Gasteiger partial charge in [0.2, 0.25) is 0 Å². The molecule has 0 spiro atoms. The van der Waals surface area contributed by atoms with Crippen LogP contribution < -0.4 is 5.32 Å². The maximum atomic E-state index is 4.35. The Bertz CT molecular complexity index is 590. The summed E-state index contributed by atoms with van der Waals surface area (Å²) in [5, 5.41) is 3.69. The Balaban J connectivity index is 1.41. The maximum absolute atomic E-state index is 4.35. The molecule has 22 heavy (non-hydrogen) atoms. The second kappa shape index (κ2) is 7.07. The molecule has 4 nitrogen and oxygen atoms in total. The number of imidazole rings is 1. The number of benzene rings is 1. The second-order valence-electron chi connectivity index (χ2n) is 6.27. The molecule has 0 saturated carbocycles. The fourth-order valence-electron chi connectivity index (χ4n) is 3.14. The molecular formula is C18H26N4. The van der Waals surface area contributed by atoms with E-state index in [1.807, 2.05) is 6.33 Å². The number of aromatic nitrogens is 2. The Labute approximate surface area is 133 Å². The van der Waals surface area contributed by atoms with Crippen molar-refractivity contribution < 1.29 is 0 Å². The number of hydrogen-bond donors (Lipinski definition) is 1. The quantitative estimate of drug-likeness (QED) is 0.889. The van der Waals surface area contributed by atoms with E-state index >= 15 is 0 Å². The van der Waals surface area contributed by atoms with Gasteiger partial charge in [-0.3, -0.25) is 4.90 Å². The SMILES string of the molecule is Cc1ncn(CCN[C@@H]2CCN(Cc3ccccc3)C2)c1C. The molecular weight excluding hydrogens is 272 g/mol. The Morgan fingerprint density at radius 2 is 2.05 bits per heavy atom. The van der Waals surface area contributed by atoms with Gasteiger partial charge in [-0.2, -0.15) is 0 Å². The van der Waals surface area contributed by atoms with E-state index in [0.717, 1.165) is 31.9 Å². The Kier molecular flexibility index (Phi) is 4.90. The third-order valence-corrected chi connectivity index (χ3v) is 4.65. The average molecular weight is 298 g/mol. The van der Waals surface area contributed by atoms with Crippen molar-refractivity contribution in [3.8, 4) is 0 Å². The van der Waals surface area contributed by atoms with Crippen molar-refractivity contribution in [1.82, 2.24) is 19.8 Å². The molecule has 0 radical (unpaired) electrons. The molecule has 2 heterocycles. The highest BCUT2D eigenvalue weighted by Crippen LogP contribution is 2.13.